The zero-order chi connectivity index (χ0) is 14.0. The monoisotopic (exact) mass is 269 g/mol. The molecule has 0 aliphatic carbocycles. The van der Waals surface area contributed by atoms with Crippen molar-refractivity contribution < 1.29 is 13.9 Å². The highest BCUT2D eigenvalue weighted by molar-refractivity contribution is 5.25. The van der Waals surface area contributed by atoms with E-state index in [0.717, 1.165) is 13.1 Å². The number of ether oxygens (including phenoxy) is 2. The van der Waals surface area contributed by atoms with Gasteiger partial charge in [0.1, 0.15) is 11.9 Å². The van der Waals surface area contributed by atoms with Gasteiger partial charge < -0.3 is 15.2 Å². The van der Waals surface area contributed by atoms with Gasteiger partial charge in [0, 0.05) is 25.2 Å². The van der Waals surface area contributed by atoms with Gasteiger partial charge in [0.05, 0.1) is 19.3 Å². The van der Waals surface area contributed by atoms with E-state index < -0.39 is 5.82 Å². The number of likely N-dealkylation sites (tertiary alicyclic amines) is 1. The second kappa shape index (κ2) is 5.71. The van der Waals surface area contributed by atoms with Crippen molar-refractivity contribution in [3.8, 4) is 11.6 Å². The Morgan fingerprint density at radius 3 is 2.74 bits per heavy atom. The van der Waals surface area contributed by atoms with Crippen LogP contribution in [-0.4, -0.2) is 48.3 Å². The molecule has 0 radical (unpaired) electrons. The summed E-state index contributed by atoms with van der Waals surface area (Å²) in [6.07, 6.45) is 1.31. The van der Waals surface area contributed by atoms with Gasteiger partial charge in [0.15, 0.2) is 5.82 Å². The molecule has 1 fully saturated rings. The number of pyridine rings is 1. The molecule has 19 heavy (non-hydrogen) atoms. The normalized spacial score (nSPS) is 23.9. The number of nitrogens with two attached hydrogens (primary N) is 1. The Bertz CT molecular complexity index is 442. The van der Waals surface area contributed by atoms with Crippen LogP contribution < -0.4 is 15.2 Å². The maximum absolute atomic E-state index is 13.5. The zero-order valence-electron chi connectivity index (χ0n) is 11.5. The van der Waals surface area contributed by atoms with Crippen LogP contribution in [0.2, 0.25) is 0 Å². The number of hydrogen-bond acceptors (Lipinski definition) is 5. The third-order valence-corrected chi connectivity index (χ3v) is 3.33. The van der Waals surface area contributed by atoms with Crippen molar-refractivity contribution in [1.29, 1.82) is 0 Å². The smallest absolute Gasteiger partial charge is 0.250 e. The van der Waals surface area contributed by atoms with Gasteiger partial charge in [-0.15, -0.1) is 0 Å². The molecule has 1 aromatic heterocycles. The van der Waals surface area contributed by atoms with Crippen molar-refractivity contribution in [3.05, 3.63) is 18.1 Å². The SMILES string of the molecule is COc1ncc(OC2CN(C(C)C)CC2N)cc1F. The maximum atomic E-state index is 13.5. The van der Waals surface area contributed by atoms with Crippen LogP contribution in [0.15, 0.2) is 12.3 Å². The molecule has 1 aliphatic heterocycles. The molecule has 1 aliphatic rings. The Labute approximate surface area is 112 Å². The van der Waals surface area contributed by atoms with E-state index in [2.05, 4.69) is 23.7 Å². The summed E-state index contributed by atoms with van der Waals surface area (Å²) < 4.78 is 24.0. The minimum Gasteiger partial charge on any atom is -0.486 e. The average molecular weight is 269 g/mol. The molecule has 1 aromatic rings. The van der Waals surface area contributed by atoms with Gasteiger partial charge in [0.25, 0.3) is 0 Å². The number of halogens is 1. The molecular formula is C13H20FN3O2. The highest BCUT2D eigenvalue weighted by Gasteiger charge is 2.33. The van der Waals surface area contributed by atoms with Gasteiger partial charge in [-0.3, -0.25) is 4.90 Å². The summed E-state index contributed by atoms with van der Waals surface area (Å²) in [6, 6.07) is 1.62. The first-order chi connectivity index (χ1) is 9.01. The fourth-order valence-corrected chi connectivity index (χ4v) is 2.17. The minimum atomic E-state index is -0.535. The van der Waals surface area contributed by atoms with Crippen LogP contribution in [0, 0.1) is 5.82 Å². The lowest BCUT2D eigenvalue weighted by molar-refractivity contribution is 0.179. The van der Waals surface area contributed by atoms with Crippen molar-refractivity contribution in [2.45, 2.75) is 32.0 Å². The third-order valence-electron chi connectivity index (χ3n) is 3.33. The average Bonchev–Trinajstić information content (AvgIpc) is 2.71. The van der Waals surface area contributed by atoms with Crippen molar-refractivity contribution in [2.24, 2.45) is 5.73 Å². The quantitative estimate of drug-likeness (QED) is 0.884. The molecule has 0 amide bonds. The second-order valence-electron chi connectivity index (χ2n) is 5.03. The molecule has 0 bridgehead atoms. The molecule has 2 rings (SSSR count). The zero-order valence-corrected chi connectivity index (χ0v) is 11.5. The predicted molar refractivity (Wildman–Crippen MR) is 69.8 cm³/mol. The van der Waals surface area contributed by atoms with Gasteiger partial charge >= 0.3 is 0 Å². The lowest BCUT2D eigenvalue weighted by Crippen LogP contribution is -2.37. The van der Waals surface area contributed by atoms with Crippen LogP contribution in [0.4, 0.5) is 4.39 Å². The summed E-state index contributed by atoms with van der Waals surface area (Å²) in [5.74, 6) is -0.191. The van der Waals surface area contributed by atoms with Crippen molar-refractivity contribution >= 4 is 0 Å². The van der Waals surface area contributed by atoms with Crippen LogP contribution in [-0.2, 0) is 0 Å². The molecule has 106 valence electrons. The summed E-state index contributed by atoms with van der Waals surface area (Å²) >= 11 is 0. The van der Waals surface area contributed by atoms with Crippen molar-refractivity contribution in [2.75, 3.05) is 20.2 Å². The highest BCUT2D eigenvalue weighted by atomic mass is 19.1. The van der Waals surface area contributed by atoms with E-state index in [-0.39, 0.29) is 18.0 Å². The fraction of sp³-hybridized carbons (Fsp3) is 0.615. The first-order valence-electron chi connectivity index (χ1n) is 6.37. The molecule has 1 saturated heterocycles. The van der Waals surface area contributed by atoms with E-state index in [9.17, 15) is 4.39 Å². The Kier molecular flexibility index (Phi) is 4.21. The van der Waals surface area contributed by atoms with E-state index in [1.807, 2.05) is 0 Å². The highest BCUT2D eigenvalue weighted by Crippen LogP contribution is 2.22. The summed E-state index contributed by atoms with van der Waals surface area (Å²) in [6.45, 7) is 5.76. The summed E-state index contributed by atoms with van der Waals surface area (Å²) in [7, 11) is 1.37. The van der Waals surface area contributed by atoms with Gasteiger partial charge in [-0.05, 0) is 13.8 Å². The molecule has 2 heterocycles. The van der Waals surface area contributed by atoms with Gasteiger partial charge in [0.2, 0.25) is 5.88 Å². The molecule has 6 heteroatoms. The summed E-state index contributed by atoms with van der Waals surface area (Å²) in [5, 5.41) is 0. The fourth-order valence-electron chi connectivity index (χ4n) is 2.17. The van der Waals surface area contributed by atoms with E-state index in [1.165, 1.54) is 19.4 Å². The van der Waals surface area contributed by atoms with Crippen molar-refractivity contribution in [3.63, 3.8) is 0 Å². The number of methoxy groups -OCH3 is 1. The van der Waals surface area contributed by atoms with Crippen molar-refractivity contribution in [1.82, 2.24) is 9.88 Å². The second-order valence-corrected chi connectivity index (χ2v) is 5.03. The first kappa shape index (κ1) is 14.0. The summed E-state index contributed by atoms with van der Waals surface area (Å²) in [5.41, 5.74) is 6.04. The van der Waals surface area contributed by atoms with E-state index in [0.29, 0.717) is 11.8 Å². The van der Waals surface area contributed by atoms with E-state index >= 15 is 0 Å². The first-order valence-corrected chi connectivity index (χ1v) is 6.37. The largest absolute Gasteiger partial charge is 0.486 e. The lowest BCUT2D eigenvalue weighted by Gasteiger charge is -2.20. The Hall–Kier alpha value is -1.40. The Morgan fingerprint density at radius 2 is 2.21 bits per heavy atom. The maximum Gasteiger partial charge on any atom is 0.250 e. The van der Waals surface area contributed by atoms with Crippen LogP contribution in [0.5, 0.6) is 11.6 Å². The molecule has 0 aromatic carbocycles. The van der Waals surface area contributed by atoms with E-state index in [4.69, 9.17) is 15.2 Å². The predicted octanol–water partition coefficient (Wildman–Crippen LogP) is 1.03. The molecule has 5 nitrogen and oxygen atoms in total. The number of hydrogen-bond donors (Lipinski definition) is 1. The number of aromatic nitrogens is 1. The minimum absolute atomic E-state index is 0.0353. The van der Waals surface area contributed by atoms with Gasteiger partial charge in [-0.25, -0.2) is 9.37 Å². The lowest BCUT2D eigenvalue weighted by atomic mass is 10.2. The van der Waals surface area contributed by atoms with Crippen LogP contribution >= 0.6 is 0 Å². The van der Waals surface area contributed by atoms with E-state index in [1.54, 1.807) is 0 Å². The molecule has 0 spiro atoms. The standard InChI is InChI=1S/C13H20FN3O2/c1-8(2)17-6-11(15)12(7-17)19-9-4-10(14)13(18-3)16-5-9/h4-5,8,11-12H,6-7,15H2,1-3H3. The molecular weight excluding hydrogens is 249 g/mol. The molecule has 2 N–H and O–H groups in total. The van der Waals surface area contributed by atoms with Crippen LogP contribution in [0.25, 0.3) is 0 Å². The third kappa shape index (κ3) is 3.13. The van der Waals surface area contributed by atoms with Crippen LogP contribution in [0.3, 0.4) is 0 Å². The van der Waals surface area contributed by atoms with Gasteiger partial charge in [-0.2, -0.15) is 0 Å². The number of rotatable bonds is 4. The molecule has 2 unspecified atom stereocenters. The topological polar surface area (TPSA) is 60.6 Å². The number of nitrogens with zero attached hydrogens (tertiary/aromatic N) is 2. The summed E-state index contributed by atoms with van der Waals surface area (Å²) in [4.78, 5) is 6.08. The Morgan fingerprint density at radius 1 is 1.47 bits per heavy atom. The van der Waals surface area contributed by atoms with Gasteiger partial charge in [-0.1, -0.05) is 0 Å². The van der Waals surface area contributed by atoms with Crippen LogP contribution in [0.1, 0.15) is 13.8 Å². The molecule has 0 saturated carbocycles. The molecule has 2 atom stereocenters. The Balaban J connectivity index is 2.03.